The number of benzene rings is 1. The second-order valence-corrected chi connectivity index (χ2v) is 8.88. The standard InChI is InChI=1S/C19H26N2O7S/c1-14-12-21(8-10-26-14)18(22)13-28-19(23)15-4-6-17(7-5-15)29(24,25)20-11-16-3-2-9-27-16/h4-7,14,16,20H,2-3,8-13H2,1H3. The molecular weight excluding hydrogens is 400 g/mol. The number of nitrogens with zero attached hydrogens (tertiary/aromatic N) is 1. The van der Waals surface area contributed by atoms with Crippen molar-refractivity contribution in [2.75, 3.05) is 39.5 Å². The zero-order valence-corrected chi connectivity index (χ0v) is 17.2. The van der Waals surface area contributed by atoms with E-state index in [2.05, 4.69) is 4.72 Å². The van der Waals surface area contributed by atoms with Crippen molar-refractivity contribution in [3.63, 3.8) is 0 Å². The minimum atomic E-state index is -3.69. The fourth-order valence-corrected chi connectivity index (χ4v) is 4.27. The molecule has 1 aromatic carbocycles. The highest BCUT2D eigenvalue weighted by Gasteiger charge is 2.23. The van der Waals surface area contributed by atoms with Crippen molar-refractivity contribution in [1.29, 1.82) is 0 Å². The summed E-state index contributed by atoms with van der Waals surface area (Å²) in [5.41, 5.74) is 0.172. The largest absolute Gasteiger partial charge is 0.452 e. The van der Waals surface area contributed by atoms with Crippen molar-refractivity contribution in [2.45, 2.75) is 36.9 Å². The molecule has 0 radical (unpaired) electrons. The summed E-state index contributed by atoms with van der Waals surface area (Å²) in [5.74, 6) is -0.970. The number of hydrogen-bond acceptors (Lipinski definition) is 7. The second-order valence-electron chi connectivity index (χ2n) is 7.11. The van der Waals surface area contributed by atoms with Gasteiger partial charge in [0.1, 0.15) is 0 Å². The van der Waals surface area contributed by atoms with Gasteiger partial charge < -0.3 is 19.1 Å². The first-order valence-corrected chi connectivity index (χ1v) is 11.1. The lowest BCUT2D eigenvalue weighted by Crippen LogP contribution is -2.46. The van der Waals surface area contributed by atoms with Crippen LogP contribution >= 0.6 is 0 Å². The minimum absolute atomic E-state index is 0.0467. The monoisotopic (exact) mass is 426 g/mol. The molecule has 2 aliphatic rings. The third-order valence-electron chi connectivity index (χ3n) is 4.85. The van der Waals surface area contributed by atoms with E-state index < -0.39 is 16.0 Å². The van der Waals surface area contributed by atoms with Gasteiger partial charge in [-0.1, -0.05) is 0 Å². The number of sulfonamides is 1. The van der Waals surface area contributed by atoms with Gasteiger partial charge in [-0.15, -0.1) is 0 Å². The molecule has 9 nitrogen and oxygen atoms in total. The molecule has 2 fully saturated rings. The zero-order valence-electron chi connectivity index (χ0n) is 16.3. The Morgan fingerprint density at radius 3 is 2.62 bits per heavy atom. The van der Waals surface area contributed by atoms with Crippen LogP contribution in [0.5, 0.6) is 0 Å². The van der Waals surface area contributed by atoms with E-state index in [1.165, 1.54) is 24.3 Å². The molecule has 0 aliphatic carbocycles. The van der Waals surface area contributed by atoms with Crippen molar-refractivity contribution >= 4 is 21.9 Å². The quantitative estimate of drug-likeness (QED) is 0.634. The molecule has 0 saturated carbocycles. The van der Waals surface area contributed by atoms with Gasteiger partial charge in [-0.05, 0) is 44.0 Å². The van der Waals surface area contributed by atoms with Crippen LogP contribution in [0.2, 0.25) is 0 Å². The Morgan fingerprint density at radius 2 is 1.97 bits per heavy atom. The maximum Gasteiger partial charge on any atom is 0.338 e. The Kier molecular flexibility index (Phi) is 7.23. The van der Waals surface area contributed by atoms with Gasteiger partial charge in [0.25, 0.3) is 5.91 Å². The molecule has 2 heterocycles. The first-order valence-electron chi connectivity index (χ1n) is 9.63. The number of amides is 1. The number of carbonyl (C=O) groups is 2. The van der Waals surface area contributed by atoms with Crippen LogP contribution in [-0.2, 0) is 29.0 Å². The Morgan fingerprint density at radius 1 is 1.21 bits per heavy atom. The molecule has 2 aliphatic heterocycles. The fourth-order valence-electron chi connectivity index (χ4n) is 3.21. The number of carbonyl (C=O) groups excluding carboxylic acids is 2. The number of esters is 1. The first kappa shape index (κ1) is 21.7. The molecule has 1 aromatic rings. The number of nitrogens with one attached hydrogen (secondary N) is 1. The van der Waals surface area contributed by atoms with Crippen LogP contribution < -0.4 is 4.72 Å². The minimum Gasteiger partial charge on any atom is -0.452 e. The molecule has 10 heteroatoms. The summed E-state index contributed by atoms with van der Waals surface area (Å²) in [5, 5.41) is 0. The average molecular weight is 426 g/mol. The van der Waals surface area contributed by atoms with E-state index in [1.807, 2.05) is 6.92 Å². The highest BCUT2D eigenvalue weighted by molar-refractivity contribution is 7.89. The van der Waals surface area contributed by atoms with Crippen LogP contribution in [0.3, 0.4) is 0 Å². The van der Waals surface area contributed by atoms with Crippen molar-refractivity contribution in [3.8, 4) is 0 Å². The lowest BCUT2D eigenvalue weighted by molar-refractivity contribution is -0.141. The molecule has 3 rings (SSSR count). The van der Waals surface area contributed by atoms with Gasteiger partial charge in [0, 0.05) is 26.2 Å². The summed E-state index contributed by atoms with van der Waals surface area (Å²) in [6.07, 6.45) is 1.60. The van der Waals surface area contributed by atoms with Crippen LogP contribution in [-0.4, -0.2) is 76.9 Å². The lowest BCUT2D eigenvalue weighted by atomic mass is 10.2. The smallest absolute Gasteiger partial charge is 0.338 e. The van der Waals surface area contributed by atoms with E-state index in [1.54, 1.807) is 4.90 Å². The van der Waals surface area contributed by atoms with Gasteiger partial charge in [-0.25, -0.2) is 17.9 Å². The van der Waals surface area contributed by atoms with Crippen molar-refractivity contribution in [3.05, 3.63) is 29.8 Å². The van der Waals surface area contributed by atoms with Crippen LogP contribution in [0.4, 0.5) is 0 Å². The first-order chi connectivity index (χ1) is 13.8. The summed E-state index contributed by atoms with van der Waals surface area (Å²) >= 11 is 0. The summed E-state index contributed by atoms with van der Waals surface area (Å²) in [7, 11) is -3.69. The summed E-state index contributed by atoms with van der Waals surface area (Å²) in [6.45, 7) is 3.75. The second kappa shape index (κ2) is 9.66. The molecular formula is C19H26N2O7S. The van der Waals surface area contributed by atoms with Crippen molar-refractivity contribution in [2.24, 2.45) is 0 Å². The maximum atomic E-state index is 12.3. The van der Waals surface area contributed by atoms with E-state index in [9.17, 15) is 18.0 Å². The van der Waals surface area contributed by atoms with E-state index in [0.717, 1.165) is 12.8 Å². The maximum absolute atomic E-state index is 12.3. The molecule has 0 aromatic heterocycles. The van der Waals surface area contributed by atoms with Gasteiger partial charge in [0.2, 0.25) is 10.0 Å². The van der Waals surface area contributed by atoms with Crippen LogP contribution in [0, 0.1) is 0 Å². The molecule has 2 saturated heterocycles. The SMILES string of the molecule is CC1CN(C(=O)COC(=O)c2ccc(S(=O)(=O)NCC3CCCO3)cc2)CCO1. The van der Waals surface area contributed by atoms with Gasteiger partial charge in [0.15, 0.2) is 6.61 Å². The fraction of sp³-hybridized carbons (Fsp3) is 0.579. The summed E-state index contributed by atoms with van der Waals surface area (Å²) in [4.78, 5) is 25.9. The normalized spacial score (nSPS) is 22.4. The third kappa shape index (κ3) is 5.99. The molecule has 0 bridgehead atoms. The molecule has 2 unspecified atom stereocenters. The van der Waals surface area contributed by atoms with E-state index in [0.29, 0.717) is 26.3 Å². The molecule has 1 amide bonds. The van der Waals surface area contributed by atoms with Crippen molar-refractivity contribution in [1.82, 2.24) is 9.62 Å². The van der Waals surface area contributed by atoms with Gasteiger partial charge >= 0.3 is 5.97 Å². The molecule has 29 heavy (non-hydrogen) atoms. The van der Waals surface area contributed by atoms with E-state index >= 15 is 0 Å². The van der Waals surface area contributed by atoms with Gasteiger partial charge in [0.05, 0.1) is 29.3 Å². The van der Waals surface area contributed by atoms with Gasteiger partial charge in [-0.2, -0.15) is 0 Å². The Balaban J connectivity index is 1.50. The van der Waals surface area contributed by atoms with Crippen LogP contribution in [0.1, 0.15) is 30.1 Å². The number of rotatable bonds is 7. The third-order valence-corrected chi connectivity index (χ3v) is 6.29. The highest BCUT2D eigenvalue weighted by atomic mass is 32.2. The average Bonchev–Trinajstić information content (AvgIpc) is 3.24. The van der Waals surface area contributed by atoms with Crippen molar-refractivity contribution < 1.29 is 32.2 Å². The lowest BCUT2D eigenvalue weighted by Gasteiger charge is -2.30. The molecule has 160 valence electrons. The highest BCUT2D eigenvalue weighted by Crippen LogP contribution is 2.14. The Hall–Kier alpha value is -2.01. The number of ether oxygens (including phenoxy) is 3. The predicted molar refractivity (Wildman–Crippen MR) is 103 cm³/mol. The number of morpholine rings is 1. The zero-order chi connectivity index (χ0) is 20.9. The molecule has 2 atom stereocenters. The summed E-state index contributed by atoms with van der Waals surface area (Å²) in [6, 6.07) is 5.40. The van der Waals surface area contributed by atoms with E-state index in [-0.39, 0.29) is 41.7 Å². The van der Waals surface area contributed by atoms with Crippen LogP contribution in [0.15, 0.2) is 29.2 Å². The Bertz CT molecular complexity index is 819. The number of hydrogen-bond donors (Lipinski definition) is 1. The van der Waals surface area contributed by atoms with E-state index in [4.69, 9.17) is 14.2 Å². The summed E-state index contributed by atoms with van der Waals surface area (Å²) < 4.78 is 43.0. The molecule has 1 N–H and O–H groups in total. The molecule has 0 spiro atoms. The predicted octanol–water partition coefficient (Wildman–Crippen LogP) is 0.548. The van der Waals surface area contributed by atoms with Crippen LogP contribution in [0.25, 0.3) is 0 Å². The topological polar surface area (TPSA) is 111 Å². The Labute approximate surface area is 170 Å². The van der Waals surface area contributed by atoms with Gasteiger partial charge in [-0.3, -0.25) is 4.79 Å².